The molecule has 0 saturated carbocycles. The Kier molecular flexibility index (Phi) is 4.34. The van der Waals surface area contributed by atoms with Crippen molar-refractivity contribution in [1.29, 1.82) is 0 Å². The molecule has 8 heavy (non-hydrogen) atoms. The van der Waals surface area contributed by atoms with Crippen LogP contribution >= 0.6 is 0 Å². The molecule has 0 bridgehead atoms. The monoisotopic (exact) mass is 134 g/mol. The van der Waals surface area contributed by atoms with E-state index < -0.39 is 6.16 Å². The quantitative estimate of drug-likeness (QED) is 0.388. The number of ether oxygens (including phenoxy) is 1. The normalized spacial score (nSPS) is 8.62. The van der Waals surface area contributed by atoms with Gasteiger partial charge in [-0.3, -0.25) is 0 Å². The third-order valence-electron chi connectivity index (χ3n) is 0.591. The van der Waals surface area contributed by atoms with Crippen LogP contribution in [0.5, 0.6) is 0 Å². The molecule has 4 heteroatoms. The average molecular weight is 134 g/mol. The number of carbonyl (C=O) groups is 1. The lowest BCUT2D eigenvalue weighted by Crippen LogP contribution is -2.04. The number of hydrogen-bond acceptors (Lipinski definition) is 3. The van der Waals surface area contributed by atoms with E-state index in [2.05, 4.69) is 9.16 Å². The molecule has 0 aliphatic rings. The van der Waals surface area contributed by atoms with E-state index in [0.717, 1.165) is 6.42 Å². The first-order valence-corrected chi connectivity index (χ1v) is 3.33. The molecule has 0 aromatic carbocycles. The summed E-state index contributed by atoms with van der Waals surface area (Å²) in [6.45, 7) is 2.39. The van der Waals surface area contributed by atoms with Gasteiger partial charge in [0.15, 0.2) is 0 Å². The standard InChI is InChI=1S/C4H10O3Si/c1-2-3-6-4(5)7-8/h2-3H2,1,8H3. The minimum Gasteiger partial charge on any atom is -0.499 e. The summed E-state index contributed by atoms with van der Waals surface area (Å²) >= 11 is 0. The summed E-state index contributed by atoms with van der Waals surface area (Å²) in [6.07, 6.45) is 0.301. The van der Waals surface area contributed by atoms with Crippen LogP contribution < -0.4 is 0 Å². The highest BCUT2D eigenvalue weighted by Crippen LogP contribution is 1.82. The van der Waals surface area contributed by atoms with Gasteiger partial charge < -0.3 is 9.16 Å². The van der Waals surface area contributed by atoms with E-state index >= 15 is 0 Å². The van der Waals surface area contributed by atoms with Crippen LogP contribution in [-0.4, -0.2) is 23.2 Å². The molecule has 0 atom stereocenters. The summed E-state index contributed by atoms with van der Waals surface area (Å²) in [6, 6.07) is 0. The SMILES string of the molecule is CCCOC(=O)O[SiH3]. The first-order valence-electron chi connectivity index (χ1n) is 2.52. The molecule has 0 saturated heterocycles. The number of rotatable bonds is 2. The molecule has 0 radical (unpaired) electrons. The third kappa shape index (κ3) is 3.67. The molecule has 3 nitrogen and oxygen atoms in total. The van der Waals surface area contributed by atoms with Crippen LogP contribution in [0.4, 0.5) is 4.79 Å². The highest BCUT2D eigenvalue weighted by atomic mass is 28.2. The fraction of sp³-hybridized carbons (Fsp3) is 0.750. The van der Waals surface area contributed by atoms with Crippen LogP contribution in [0, 0.1) is 0 Å². The second-order valence-electron chi connectivity index (χ2n) is 1.30. The lowest BCUT2D eigenvalue weighted by atomic mass is 10.5. The van der Waals surface area contributed by atoms with Gasteiger partial charge in [-0.2, -0.15) is 0 Å². The number of carbonyl (C=O) groups excluding carboxylic acids is 1. The lowest BCUT2D eigenvalue weighted by molar-refractivity contribution is 0.102. The molecule has 0 aromatic rings. The van der Waals surface area contributed by atoms with Crippen molar-refractivity contribution in [2.75, 3.05) is 6.61 Å². The zero-order valence-corrected chi connectivity index (χ0v) is 7.14. The predicted octanol–water partition coefficient (Wildman–Crippen LogP) is -0.170. The average Bonchev–Trinajstić information content (AvgIpc) is 1.83. The first-order chi connectivity index (χ1) is 3.81. The Balaban J connectivity index is 2.99. The van der Waals surface area contributed by atoms with Crippen molar-refractivity contribution in [3.8, 4) is 0 Å². The Morgan fingerprint density at radius 3 is 2.75 bits per heavy atom. The van der Waals surface area contributed by atoms with Gasteiger partial charge in [-0.25, -0.2) is 4.79 Å². The Morgan fingerprint density at radius 2 is 2.38 bits per heavy atom. The van der Waals surface area contributed by atoms with Gasteiger partial charge in [0.25, 0.3) is 0 Å². The molecule has 0 aliphatic heterocycles. The van der Waals surface area contributed by atoms with Crippen molar-refractivity contribution in [1.82, 2.24) is 0 Å². The smallest absolute Gasteiger partial charge is 0.493 e. The van der Waals surface area contributed by atoms with Crippen molar-refractivity contribution in [3.63, 3.8) is 0 Å². The van der Waals surface area contributed by atoms with Gasteiger partial charge in [0.1, 0.15) is 0 Å². The maximum atomic E-state index is 10.2. The molecular formula is C4H10O3Si. The zero-order chi connectivity index (χ0) is 6.41. The predicted molar refractivity (Wildman–Crippen MR) is 32.7 cm³/mol. The summed E-state index contributed by atoms with van der Waals surface area (Å²) in [5, 5.41) is 0. The van der Waals surface area contributed by atoms with Crippen LogP contribution in [0.1, 0.15) is 13.3 Å². The Labute approximate surface area is 51.5 Å². The molecule has 0 unspecified atom stereocenters. The molecule has 0 aromatic heterocycles. The Morgan fingerprint density at radius 1 is 1.75 bits per heavy atom. The van der Waals surface area contributed by atoms with E-state index in [9.17, 15) is 4.79 Å². The third-order valence-corrected chi connectivity index (χ3v) is 0.924. The van der Waals surface area contributed by atoms with Gasteiger partial charge in [0, 0.05) is 0 Å². The fourth-order valence-electron chi connectivity index (χ4n) is 0.244. The lowest BCUT2D eigenvalue weighted by Gasteiger charge is -1.98. The minimum atomic E-state index is -0.543. The highest BCUT2D eigenvalue weighted by molar-refractivity contribution is 6.04. The summed E-state index contributed by atoms with van der Waals surface area (Å²) in [5.41, 5.74) is 0. The Hall–Kier alpha value is -0.513. The van der Waals surface area contributed by atoms with Gasteiger partial charge in [0.05, 0.1) is 6.61 Å². The topological polar surface area (TPSA) is 35.5 Å². The molecule has 48 valence electrons. The van der Waals surface area contributed by atoms with Crippen molar-refractivity contribution in [3.05, 3.63) is 0 Å². The van der Waals surface area contributed by atoms with Crippen molar-refractivity contribution >= 4 is 16.6 Å². The minimum absolute atomic E-state index is 0.415. The van der Waals surface area contributed by atoms with Crippen LogP contribution in [0.25, 0.3) is 0 Å². The summed E-state index contributed by atoms with van der Waals surface area (Å²) < 4.78 is 8.84. The second kappa shape index (κ2) is 4.64. The second-order valence-corrected chi connectivity index (χ2v) is 1.71. The van der Waals surface area contributed by atoms with Gasteiger partial charge in [-0.1, -0.05) is 6.92 Å². The van der Waals surface area contributed by atoms with Gasteiger partial charge in [0.2, 0.25) is 10.5 Å². The van der Waals surface area contributed by atoms with E-state index in [0.29, 0.717) is 17.1 Å². The van der Waals surface area contributed by atoms with E-state index in [4.69, 9.17) is 0 Å². The molecular weight excluding hydrogens is 124 g/mol. The summed E-state index contributed by atoms with van der Waals surface area (Å²) in [5.74, 6) is 0. The molecule has 0 N–H and O–H groups in total. The van der Waals surface area contributed by atoms with Gasteiger partial charge in [-0.15, -0.1) is 0 Å². The summed E-state index contributed by atoms with van der Waals surface area (Å²) in [4.78, 5) is 10.2. The molecule has 0 fully saturated rings. The molecule has 0 heterocycles. The molecule has 0 amide bonds. The van der Waals surface area contributed by atoms with Crippen molar-refractivity contribution in [2.24, 2.45) is 0 Å². The van der Waals surface area contributed by atoms with E-state index in [-0.39, 0.29) is 0 Å². The molecule has 0 rings (SSSR count). The van der Waals surface area contributed by atoms with Crippen LogP contribution in [-0.2, 0) is 9.16 Å². The zero-order valence-electron chi connectivity index (χ0n) is 5.14. The first kappa shape index (κ1) is 7.49. The summed E-state index contributed by atoms with van der Waals surface area (Å²) in [7, 11) is 0.415. The van der Waals surface area contributed by atoms with Crippen LogP contribution in [0.3, 0.4) is 0 Å². The molecule has 0 spiro atoms. The van der Waals surface area contributed by atoms with Gasteiger partial charge >= 0.3 is 6.16 Å². The van der Waals surface area contributed by atoms with Crippen LogP contribution in [0.2, 0.25) is 0 Å². The van der Waals surface area contributed by atoms with Crippen molar-refractivity contribution in [2.45, 2.75) is 13.3 Å². The Bertz CT molecular complexity index is 73.7. The fourth-order valence-corrected chi connectivity index (χ4v) is 0.362. The van der Waals surface area contributed by atoms with E-state index in [1.807, 2.05) is 6.92 Å². The maximum Gasteiger partial charge on any atom is 0.493 e. The van der Waals surface area contributed by atoms with Crippen molar-refractivity contribution < 1.29 is 14.0 Å². The van der Waals surface area contributed by atoms with E-state index in [1.165, 1.54) is 0 Å². The van der Waals surface area contributed by atoms with Crippen LogP contribution in [0.15, 0.2) is 0 Å². The maximum absolute atomic E-state index is 10.2. The van der Waals surface area contributed by atoms with E-state index in [1.54, 1.807) is 0 Å². The highest BCUT2D eigenvalue weighted by Gasteiger charge is 1.94. The number of hydrogen-bond donors (Lipinski definition) is 0. The molecule has 0 aliphatic carbocycles. The largest absolute Gasteiger partial charge is 0.499 e. The van der Waals surface area contributed by atoms with Gasteiger partial charge in [-0.05, 0) is 6.42 Å².